The highest BCUT2D eigenvalue weighted by atomic mass is 16.5. The second-order valence-corrected chi connectivity index (χ2v) is 3.50. The van der Waals surface area contributed by atoms with Gasteiger partial charge in [-0.25, -0.2) is 0 Å². The molecular weight excluding hydrogens is 174 g/mol. The minimum absolute atomic E-state index is 0.694. The van der Waals surface area contributed by atoms with Crippen molar-refractivity contribution in [2.45, 2.75) is 20.5 Å². The van der Waals surface area contributed by atoms with E-state index in [-0.39, 0.29) is 0 Å². The quantitative estimate of drug-likeness (QED) is 0.788. The average molecular weight is 189 g/mol. The molecule has 2 heteroatoms. The van der Waals surface area contributed by atoms with Crippen molar-refractivity contribution in [2.75, 3.05) is 6.61 Å². The molecule has 2 aromatic rings. The smallest absolute Gasteiger partial charge is 0.0737 e. The van der Waals surface area contributed by atoms with Crippen molar-refractivity contribution >= 4 is 10.9 Å². The van der Waals surface area contributed by atoms with Gasteiger partial charge >= 0.3 is 0 Å². The molecule has 1 heterocycles. The van der Waals surface area contributed by atoms with Crippen molar-refractivity contribution in [3.63, 3.8) is 0 Å². The summed E-state index contributed by atoms with van der Waals surface area (Å²) in [4.78, 5) is 3.24. The number of aryl methyl sites for hydroxylation is 1. The molecular formula is C12H15NO. The van der Waals surface area contributed by atoms with Gasteiger partial charge in [0.1, 0.15) is 0 Å². The third kappa shape index (κ3) is 1.66. The largest absolute Gasteiger partial charge is 0.377 e. The number of nitrogens with one attached hydrogen (secondary N) is 1. The molecule has 1 N–H and O–H groups in total. The van der Waals surface area contributed by atoms with Crippen molar-refractivity contribution in [1.82, 2.24) is 4.98 Å². The molecule has 0 saturated carbocycles. The maximum Gasteiger partial charge on any atom is 0.0737 e. The monoisotopic (exact) mass is 189 g/mol. The molecule has 0 unspecified atom stereocenters. The van der Waals surface area contributed by atoms with E-state index in [0.717, 1.165) is 6.61 Å². The first-order valence-electron chi connectivity index (χ1n) is 4.95. The van der Waals surface area contributed by atoms with E-state index in [9.17, 15) is 0 Å². The average Bonchev–Trinajstić information content (AvgIpc) is 2.57. The molecule has 1 aromatic carbocycles. The Morgan fingerprint density at radius 1 is 1.36 bits per heavy atom. The summed E-state index contributed by atoms with van der Waals surface area (Å²) in [6.45, 7) is 5.58. The molecule has 2 rings (SSSR count). The Hall–Kier alpha value is -1.28. The molecule has 0 aliphatic heterocycles. The van der Waals surface area contributed by atoms with Gasteiger partial charge in [-0.2, -0.15) is 0 Å². The van der Waals surface area contributed by atoms with E-state index >= 15 is 0 Å². The molecule has 14 heavy (non-hydrogen) atoms. The normalized spacial score (nSPS) is 11.0. The molecule has 0 bridgehead atoms. The Bertz CT molecular complexity index is 431. The van der Waals surface area contributed by atoms with Crippen molar-refractivity contribution in [2.24, 2.45) is 0 Å². The Balaban J connectivity index is 2.40. The lowest BCUT2D eigenvalue weighted by Gasteiger charge is -1.99. The van der Waals surface area contributed by atoms with Gasteiger partial charge in [-0.1, -0.05) is 11.6 Å². The number of rotatable bonds is 3. The highest BCUT2D eigenvalue weighted by Gasteiger charge is 2.02. The van der Waals surface area contributed by atoms with Gasteiger partial charge in [0.2, 0.25) is 0 Å². The number of aromatic nitrogens is 1. The first-order chi connectivity index (χ1) is 6.81. The number of benzene rings is 1. The Morgan fingerprint density at radius 2 is 2.21 bits per heavy atom. The van der Waals surface area contributed by atoms with Crippen LogP contribution in [-0.2, 0) is 11.3 Å². The fraction of sp³-hybridized carbons (Fsp3) is 0.333. The van der Waals surface area contributed by atoms with Crippen LogP contribution in [0.4, 0.5) is 0 Å². The molecule has 0 saturated heterocycles. The second-order valence-electron chi connectivity index (χ2n) is 3.50. The molecule has 0 atom stereocenters. The van der Waals surface area contributed by atoms with E-state index in [2.05, 4.69) is 30.1 Å². The van der Waals surface area contributed by atoms with Crippen molar-refractivity contribution in [1.29, 1.82) is 0 Å². The van der Waals surface area contributed by atoms with Gasteiger partial charge < -0.3 is 9.72 Å². The minimum atomic E-state index is 0.694. The van der Waals surface area contributed by atoms with E-state index in [1.807, 2.05) is 13.1 Å². The molecule has 0 radical (unpaired) electrons. The highest BCUT2D eigenvalue weighted by Crippen LogP contribution is 2.20. The summed E-state index contributed by atoms with van der Waals surface area (Å²) >= 11 is 0. The third-order valence-electron chi connectivity index (χ3n) is 2.38. The van der Waals surface area contributed by atoms with Gasteiger partial charge in [0.15, 0.2) is 0 Å². The van der Waals surface area contributed by atoms with E-state index in [0.29, 0.717) is 6.61 Å². The molecule has 0 amide bonds. The van der Waals surface area contributed by atoms with Crippen LogP contribution in [0.15, 0.2) is 24.4 Å². The summed E-state index contributed by atoms with van der Waals surface area (Å²) in [5.74, 6) is 0. The number of H-pyrrole nitrogens is 1. The highest BCUT2D eigenvalue weighted by molar-refractivity contribution is 5.83. The SMILES string of the molecule is CCOCc1c[nH]c2ccc(C)cc12. The molecule has 0 spiro atoms. The minimum Gasteiger partial charge on any atom is -0.377 e. The van der Waals surface area contributed by atoms with Gasteiger partial charge in [0, 0.05) is 29.3 Å². The summed E-state index contributed by atoms with van der Waals surface area (Å²) < 4.78 is 5.41. The van der Waals surface area contributed by atoms with Crippen LogP contribution < -0.4 is 0 Å². The molecule has 0 aliphatic rings. The fourth-order valence-corrected chi connectivity index (χ4v) is 1.62. The zero-order chi connectivity index (χ0) is 9.97. The summed E-state index contributed by atoms with van der Waals surface area (Å²) in [7, 11) is 0. The van der Waals surface area contributed by atoms with E-state index in [1.54, 1.807) is 0 Å². The van der Waals surface area contributed by atoms with Gasteiger partial charge in [-0.3, -0.25) is 0 Å². The van der Waals surface area contributed by atoms with Gasteiger partial charge in [0.05, 0.1) is 6.61 Å². The van der Waals surface area contributed by atoms with Crippen molar-refractivity contribution in [3.8, 4) is 0 Å². The van der Waals surface area contributed by atoms with E-state index < -0.39 is 0 Å². The Kier molecular flexibility index (Phi) is 2.55. The number of fused-ring (bicyclic) bond motifs is 1. The first-order valence-corrected chi connectivity index (χ1v) is 4.95. The lowest BCUT2D eigenvalue weighted by molar-refractivity contribution is 0.135. The summed E-state index contributed by atoms with van der Waals surface area (Å²) in [6.07, 6.45) is 2.03. The molecule has 2 nitrogen and oxygen atoms in total. The molecule has 0 fully saturated rings. The van der Waals surface area contributed by atoms with E-state index in [4.69, 9.17) is 4.74 Å². The van der Waals surface area contributed by atoms with Crippen LogP contribution in [0, 0.1) is 6.92 Å². The zero-order valence-corrected chi connectivity index (χ0v) is 8.63. The summed E-state index contributed by atoms with van der Waals surface area (Å²) in [5, 5.41) is 1.28. The molecule has 0 aliphatic carbocycles. The number of aromatic amines is 1. The maximum atomic E-state index is 5.41. The maximum absolute atomic E-state index is 5.41. The van der Waals surface area contributed by atoms with Gasteiger partial charge in [-0.15, -0.1) is 0 Å². The predicted molar refractivity (Wildman–Crippen MR) is 58.4 cm³/mol. The fourth-order valence-electron chi connectivity index (χ4n) is 1.62. The van der Waals surface area contributed by atoms with Gasteiger partial charge in [0.25, 0.3) is 0 Å². The summed E-state index contributed by atoms with van der Waals surface area (Å²) in [5.41, 5.74) is 3.71. The van der Waals surface area contributed by atoms with Crippen LogP contribution in [0.2, 0.25) is 0 Å². The van der Waals surface area contributed by atoms with Crippen LogP contribution in [0.5, 0.6) is 0 Å². The second kappa shape index (κ2) is 3.84. The van der Waals surface area contributed by atoms with Crippen LogP contribution in [0.3, 0.4) is 0 Å². The topological polar surface area (TPSA) is 25.0 Å². The standard InChI is InChI=1S/C12H15NO/c1-3-14-8-10-7-13-12-5-4-9(2)6-11(10)12/h4-7,13H,3,8H2,1-2H3. The zero-order valence-electron chi connectivity index (χ0n) is 8.63. The third-order valence-corrected chi connectivity index (χ3v) is 2.38. The summed E-state index contributed by atoms with van der Waals surface area (Å²) in [6, 6.07) is 6.42. The Morgan fingerprint density at radius 3 is 3.00 bits per heavy atom. The Labute approximate surface area is 83.9 Å². The number of ether oxygens (including phenoxy) is 1. The lowest BCUT2D eigenvalue weighted by Crippen LogP contribution is -1.90. The van der Waals surface area contributed by atoms with Crippen LogP contribution in [-0.4, -0.2) is 11.6 Å². The van der Waals surface area contributed by atoms with E-state index in [1.165, 1.54) is 22.0 Å². The van der Waals surface area contributed by atoms with Gasteiger partial charge in [-0.05, 0) is 26.0 Å². The van der Waals surface area contributed by atoms with Crippen molar-refractivity contribution in [3.05, 3.63) is 35.5 Å². The number of hydrogen-bond acceptors (Lipinski definition) is 1. The molecule has 74 valence electrons. The van der Waals surface area contributed by atoms with Crippen molar-refractivity contribution < 1.29 is 4.74 Å². The molecule has 1 aromatic heterocycles. The van der Waals surface area contributed by atoms with Crippen LogP contribution >= 0.6 is 0 Å². The lowest BCUT2D eigenvalue weighted by atomic mass is 10.1. The van der Waals surface area contributed by atoms with Crippen LogP contribution in [0.1, 0.15) is 18.1 Å². The predicted octanol–water partition coefficient (Wildman–Crippen LogP) is 3.01. The van der Waals surface area contributed by atoms with Crippen LogP contribution in [0.25, 0.3) is 10.9 Å². The number of hydrogen-bond donors (Lipinski definition) is 1. The first kappa shape index (κ1) is 9.28.